The highest BCUT2D eigenvalue weighted by molar-refractivity contribution is 6.20. The van der Waals surface area contributed by atoms with Crippen LogP contribution in [0.25, 0.3) is 0 Å². The molecule has 2 amide bonds. The highest BCUT2D eigenvalue weighted by Gasteiger charge is 2.38. The number of nitrogens with zero attached hydrogens (tertiary/aromatic N) is 1. The zero-order chi connectivity index (χ0) is 12.3. The number of rotatable bonds is 4. The van der Waals surface area contributed by atoms with E-state index in [1.807, 2.05) is 6.07 Å². The van der Waals surface area contributed by atoms with Gasteiger partial charge in [-0.15, -0.1) is 0 Å². The molecule has 17 heavy (non-hydrogen) atoms. The lowest BCUT2D eigenvalue weighted by Crippen LogP contribution is -2.30. The fraction of sp³-hybridized carbons (Fsp3) is 0.308. The number of hydrogen-bond donors (Lipinski definition) is 0. The summed E-state index contributed by atoms with van der Waals surface area (Å²) in [6.07, 6.45) is 1.77. The number of imide groups is 1. The molecular formula is C13H13NO3. The maximum absolute atomic E-state index is 12.0. The summed E-state index contributed by atoms with van der Waals surface area (Å²) in [5, 5.41) is 0. The highest BCUT2D eigenvalue weighted by atomic mass is 16.2. The van der Waals surface area contributed by atoms with Crippen LogP contribution in [0, 0.1) is 5.92 Å². The molecule has 0 radical (unpaired) electrons. The summed E-state index contributed by atoms with van der Waals surface area (Å²) in [6.45, 7) is 0. The van der Waals surface area contributed by atoms with E-state index < -0.39 is 0 Å². The van der Waals surface area contributed by atoms with E-state index in [0.29, 0.717) is 18.5 Å². The fourth-order valence-electron chi connectivity index (χ4n) is 2.04. The van der Waals surface area contributed by atoms with Gasteiger partial charge in [0.1, 0.15) is 6.29 Å². The quantitative estimate of drug-likeness (QED) is 0.583. The molecule has 1 aliphatic heterocycles. The third-order valence-electron chi connectivity index (χ3n) is 2.89. The number of para-hydroxylation sites is 1. The van der Waals surface area contributed by atoms with Crippen LogP contribution in [-0.4, -0.2) is 18.1 Å². The number of hydrogen-bond acceptors (Lipinski definition) is 3. The zero-order valence-corrected chi connectivity index (χ0v) is 9.33. The van der Waals surface area contributed by atoms with Crippen LogP contribution < -0.4 is 4.90 Å². The van der Waals surface area contributed by atoms with Gasteiger partial charge in [-0.3, -0.25) is 14.5 Å². The third-order valence-corrected chi connectivity index (χ3v) is 2.89. The van der Waals surface area contributed by atoms with Crippen molar-refractivity contribution >= 4 is 23.8 Å². The molecule has 4 heteroatoms. The second kappa shape index (κ2) is 4.91. The Bertz CT molecular complexity index is 441. The minimum absolute atomic E-state index is 0.183. The summed E-state index contributed by atoms with van der Waals surface area (Å²) in [5.41, 5.74) is 0.608. The molecule has 1 aromatic carbocycles. The molecule has 1 aliphatic rings. The molecule has 0 aliphatic carbocycles. The van der Waals surface area contributed by atoms with Crippen LogP contribution in [0.4, 0.5) is 5.69 Å². The van der Waals surface area contributed by atoms with Crippen LogP contribution in [0.1, 0.15) is 19.3 Å². The molecular weight excluding hydrogens is 218 g/mol. The summed E-state index contributed by atoms with van der Waals surface area (Å²) < 4.78 is 0. The van der Waals surface area contributed by atoms with Gasteiger partial charge in [0, 0.05) is 18.8 Å². The van der Waals surface area contributed by atoms with Gasteiger partial charge < -0.3 is 4.79 Å². The highest BCUT2D eigenvalue weighted by Crippen LogP contribution is 2.28. The molecule has 0 bridgehead atoms. The van der Waals surface area contributed by atoms with E-state index >= 15 is 0 Å². The summed E-state index contributed by atoms with van der Waals surface area (Å²) in [6, 6.07) is 8.87. The topological polar surface area (TPSA) is 54.5 Å². The Morgan fingerprint density at radius 3 is 2.59 bits per heavy atom. The Balaban J connectivity index is 2.17. The van der Waals surface area contributed by atoms with E-state index in [2.05, 4.69) is 0 Å². The van der Waals surface area contributed by atoms with Gasteiger partial charge in [0.05, 0.1) is 5.69 Å². The lowest BCUT2D eigenvalue weighted by molar-refractivity contribution is -0.122. The van der Waals surface area contributed by atoms with Crippen LogP contribution in [-0.2, 0) is 14.4 Å². The average molecular weight is 231 g/mol. The molecule has 2 rings (SSSR count). The monoisotopic (exact) mass is 231 g/mol. The van der Waals surface area contributed by atoms with E-state index in [4.69, 9.17) is 0 Å². The third kappa shape index (κ3) is 2.25. The Morgan fingerprint density at radius 1 is 1.24 bits per heavy atom. The second-order valence-electron chi connectivity index (χ2n) is 4.05. The Morgan fingerprint density at radius 2 is 1.94 bits per heavy atom. The van der Waals surface area contributed by atoms with Crippen molar-refractivity contribution in [2.45, 2.75) is 19.3 Å². The van der Waals surface area contributed by atoms with E-state index in [-0.39, 0.29) is 24.2 Å². The Labute approximate surface area is 99.2 Å². The van der Waals surface area contributed by atoms with Crippen molar-refractivity contribution in [1.82, 2.24) is 0 Å². The number of anilines is 1. The Kier molecular flexibility index (Phi) is 3.32. The number of amides is 2. The first-order valence-corrected chi connectivity index (χ1v) is 5.59. The fourth-order valence-corrected chi connectivity index (χ4v) is 2.04. The van der Waals surface area contributed by atoms with E-state index in [9.17, 15) is 14.4 Å². The lowest BCUT2D eigenvalue weighted by atomic mass is 10.0. The molecule has 0 N–H and O–H groups in total. The molecule has 1 saturated heterocycles. The van der Waals surface area contributed by atoms with Gasteiger partial charge in [-0.2, -0.15) is 0 Å². The first-order valence-electron chi connectivity index (χ1n) is 5.59. The van der Waals surface area contributed by atoms with Crippen LogP contribution in [0.3, 0.4) is 0 Å². The van der Waals surface area contributed by atoms with Gasteiger partial charge in [-0.1, -0.05) is 18.2 Å². The second-order valence-corrected chi connectivity index (χ2v) is 4.05. The van der Waals surface area contributed by atoms with Crippen molar-refractivity contribution in [2.75, 3.05) is 4.90 Å². The van der Waals surface area contributed by atoms with E-state index in [1.165, 1.54) is 4.90 Å². The van der Waals surface area contributed by atoms with Gasteiger partial charge in [-0.25, -0.2) is 0 Å². The Hall–Kier alpha value is -1.97. The van der Waals surface area contributed by atoms with Crippen molar-refractivity contribution in [3.63, 3.8) is 0 Å². The largest absolute Gasteiger partial charge is 0.303 e. The van der Waals surface area contributed by atoms with Gasteiger partial charge in [0.2, 0.25) is 11.8 Å². The normalized spacial score (nSPS) is 19.8. The molecule has 1 aromatic rings. The summed E-state index contributed by atoms with van der Waals surface area (Å²) in [4.78, 5) is 35.3. The van der Waals surface area contributed by atoms with E-state index in [1.54, 1.807) is 24.3 Å². The molecule has 1 atom stereocenters. The van der Waals surface area contributed by atoms with Gasteiger partial charge in [0.25, 0.3) is 0 Å². The minimum atomic E-state index is -0.340. The standard InChI is InChI=1S/C13H13NO3/c15-8-4-5-10-9-12(16)14(13(10)17)11-6-2-1-3-7-11/h1-3,6-8,10H,4-5,9H2. The molecule has 88 valence electrons. The number of benzene rings is 1. The maximum atomic E-state index is 12.0. The molecule has 0 saturated carbocycles. The first-order chi connectivity index (χ1) is 8.24. The van der Waals surface area contributed by atoms with Crippen LogP contribution in [0.2, 0.25) is 0 Å². The smallest absolute Gasteiger partial charge is 0.237 e. The zero-order valence-electron chi connectivity index (χ0n) is 9.33. The maximum Gasteiger partial charge on any atom is 0.237 e. The van der Waals surface area contributed by atoms with Crippen molar-refractivity contribution in [2.24, 2.45) is 5.92 Å². The van der Waals surface area contributed by atoms with Crippen molar-refractivity contribution in [3.8, 4) is 0 Å². The molecule has 0 aromatic heterocycles. The predicted octanol–water partition coefficient (Wildman–Crippen LogP) is 1.55. The molecule has 0 spiro atoms. The average Bonchev–Trinajstić information content (AvgIpc) is 2.63. The summed E-state index contributed by atoms with van der Waals surface area (Å²) in [7, 11) is 0. The summed E-state index contributed by atoms with van der Waals surface area (Å²) >= 11 is 0. The molecule has 1 unspecified atom stereocenters. The number of carbonyl (C=O) groups is 3. The van der Waals surface area contributed by atoms with Crippen LogP contribution in [0.15, 0.2) is 30.3 Å². The van der Waals surface area contributed by atoms with Gasteiger partial charge in [0.15, 0.2) is 0 Å². The van der Waals surface area contributed by atoms with Crippen molar-refractivity contribution < 1.29 is 14.4 Å². The summed E-state index contributed by atoms with van der Waals surface area (Å²) in [5.74, 6) is -0.715. The van der Waals surface area contributed by atoms with Crippen LogP contribution in [0.5, 0.6) is 0 Å². The minimum Gasteiger partial charge on any atom is -0.303 e. The lowest BCUT2D eigenvalue weighted by Gasteiger charge is -2.14. The molecule has 1 heterocycles. The van der Waals surface area contributed by atoms with Crippen LogP contribution >= 0.6 is 0 Å². The predicted molar refractivity (Wildman–Crippen MR) is 62.3 cm³/mol. The van der Waals surface area contributed by atoms with Gasteiger partial charge >= 0.3 is 0 Å². The number of aldehydes is 1. The SMILES string of the molecule is O=CCCC1CC(=O)N(c2ccccc2)C1=O. The van der Waals surface area contributed by atoms with Crippen molar-refractivity contribution in [1.29, 1.82) is 0 Å². The van der Waals surface area contributed by atoms with Gasteiger partial charge in [-0.05, 0) is 18.6 Å². The van der Waals surface area contributed by atoms with Crippen molar-refractivity contribution in [3.05, 3.63) is 30.3 Å². The number of carbonyl (C=O) groups excluding carboxylic acids is 3. The first kappa shape index (κ1) is 11.5. The van der Waals surface area contributed by atoms with E-state index in [0.717, 1.165) is 6.29 Å². The molecule has 1 fully saturated rings. The molecule has 4 nitrogen and oxygen atoms in total.